The van der Waals surface area contributed by atoms with Crippen LogP contribution in [0.4, 0.5) is 24.5 Å². The summed E-state index contributed by atoms with van der Waals surface area (Å²) in [7, 11) is 0. The average molecular weight is 301 g/mol. The van der Waals surface area contributed by atoms with E-state index in [1.165, 1.54) is 0 Å². The zero-order valence-electron chi connectivity index (χ0n) is 10.0. The molecule has 0 unspecified atom stereocenters. The summed E-state index contributed by atoms with van der Waals surface area (Å²) in [6.45, 7) is 0. The third-order valence-electron chi connectivity index (χ3n) is 2.40. The number of rotatable bonds is 3. The molecule has 0 aliphatic rings. The molecule has 2 rings (SSSR count). The number of aromatic nitrogens is 3. The lowest BCUT2D eigenvalue weighted by Gasteiger charge is -2.09. The van der Waals surface area contributed by atoms with E-state index in [9.17, 15) is 28.1 Å². The monoisotopic (exact) mass is 301 g/mol. The van der Waals surface area contributed by atoms with Gasteiger partial charge in [0.1, 0.15) is 12.0 Å². The number of benzene rings is 1. The van der Waals surface area contributed by atoms with Crippen molar-refractivity contribution in [3.05, 3.63) is 46.0 Å². The first-order chi connectivity index (χ1) is 9.79. The highest BCUT2D eigenvalue weighted by Crippen LogP contribution is 2.34. The molecule has 0 saturated carbocycles. The van der Waals surface area contributed by atoms with Crippen molar-refractivity contribution < 1.29 is 22.9 Å². The summed E-state index contributed by atoms with van der Waals surface area (Å²) in [5, 5.41) is 18.5. The first-order valence-corrected chi connectivity index (χ1v) is 5.31. The highest BCUT2D eigenvalue weighted by Gasteiger charge is 2.33. The number of aromatic amines is 1. The van der Waals surface area contributed by atoms with Crippen molar-refractivity contribution >= 4 is 17.3 Å². The maximum absolute atomic E-state index is 12.5. The summed E-state index contributed by atoms with van der Waals surface area (Å²) in [4.78, 5) is 25.0. The van der Waals surface area contributed by atoms with Gasteiger partial charge in [0.25, 0.3) is 11.6 Å². The first kappa shape index (κ1) is 14.4. The van der Waals surface area contributed by atoms with Crippen LogP contribution in [0.3, 0.4) is 0 Å². The number of halogens is 3. The van der Waals surface area contributed by atoms with E-state index in [2.05, 4.69) is 20.5 Å². The van der Waals surface area contributed by atoms with Crippen LogP contribution in [0.25, 0.3) is 0 Å². The maximum atomic E-state index is 12.5. The minimum Gasteiger partial charge on any atom is -0.313 e. The number of H-pyrrole nitrogens is 1. The molecule has 0 fully saturated rings. The molecule has 11 heteroatoms. The van der Waals surface area contributed by atoms with Crippen LogP contribution in [0.2, 0.25) is 0 Å². The number of nitro groups is 1. The Kier molecular flexibility index (Phi) is 3.56. The maximum Gasteiger partial charge on any atom is 0.416 e. The second-order valence-corrected chi connectivity index (χ2v) is 3.78. The van der Waals surface area contributed by atoms with Gasteiger partial charge in [0.2, 0.25) is 5.82 Å². The molecule has 0 saturated heterocycles. The molecule has 1 heterocycles. The van der Waals surface area contributed by atoms with Crippen LogP contribution < -0.4 is 5.32 Å². The Morgan fingerprint density at radius 1 is 1.38 bits per heavy atom. The van der Waals surface area contributed by atoms with Crippen molar-refractivity contribution in [1.82, 2.24) is 15.2 Å². The summed E-state index contributed by atoms with van der Waals surface area (Å²) in [6.07, 6.45) is -3.69. The topological polar surface area (TPSA) is 114 Å². The van der Waals surface area contributed by atoms with Crippen molar-refractivity contribution in [2.75, 3.05) is 5.32 Å². The lowest BCUT2D eigenvalue weighted by Crippen LogP contribution is -2.15. The molecule has 0 radical (unpaired) electrons. The van der Waals surface area contributed by atoms with Gasteiger partial charge in [-0.3, -0.25) is 20.0 Å². The van der Waals surface area contributed by atoms with Crippen LogP contribution in [0.15, 0.2) is 24.5 Å². The predicted molar refractivity (Wildman–Crippen MR) is 62.4 cm³/mol. The Morgan fingerprint density at radius 2 is 2.10 bits per heavy atom. The fourth-order valence-corrected chi connectivity index (χ4v) is 1.46. The van der Waals surface area contributed by atoms with Gasteiger partial charge < -0.3 is 5.32 Å². The Balaban J connectivity index is 2.35. The molecule has 21 heavy (non-hydrogen) atoms. The molecule has 0 bridgehead atoms. The molecule has 2 N–H and O–H groups in total. The number of nitrogens with zero attached hydrogens (tertiary/aromatic N) is 3. The normalized spacial score (nSPS) is 11.2. The van der Waals surface area contributed by atoms with Crippen molar-refractivity contribution in [1.29, 1.82) is 0 Å². The molecule has 0 atom stereocenters. The number of alkyl halides is 3. The lowest BCUT2D eigenvalue weighted by atomic mass is 10.1. The summed E-state index contributed by atoms with van der Waals surface area (Å²) < 4.78 is 37.5. The number of hydrogen-bond donors (Lipinski definition) is 2. The van der Waals surface area contributed by atoms with Gasteiger partial charge in [-0.2, -0.15) is 18.3 Å². The Hall–Kier alpha value is -2.98. The van der Waals surface area contributed by atoms with E-state index in [0.717, 1.165) is 12.4 Å². The quantitative estimate of drug-likeness (QED) is 0.664. The number of nitro benzene ring substituents is 1. The molecule has 1 aromatic heterocycles. The third kappa shape index (κ3) is 3.13. The van der Waals surface area contributed by atoms with Gasteiger partial charge in [-0.15, -0.1) is 0 Å². The molecule has 0 aliphatic carbocycles. The van der Waals surface area contributed by atoms with E-state index in [4.69, 9.17) is 0 Å². The van der Waals surface area contributed by atoms with Gasteiger partial charge >= 0.3 is 6.18 Å². The highest BCUT2D eigenvalue weighted by atomic mass is 19.4. The van der Waals surface area contributed by atoms with E-state index in [0.29, 0.717) is 12.1 Å². The standard InChI is InChI=1S/C10H6F3N5O3/c11-10(12,13)5-1-2-6(7(3-5)18(20)21)16-9(19)8-14-4-15-17-8/h1-4H,(H,16,19)(H,14,15,17). The van der Waals surface area contributed by atoms with Crippen molar-refractivity contribution in [2.45, 2.75) is 6.18 Å². The Bertz CT molecular complexity index is 684. The number of carbonyl (C=O) groups excluding carboxylic acids is 1. The van der Waals surface area contributed by atoms with Crippen LogP contribution in [0.5, 0.6) is 0 Å². The smallest absolute Gasteiger partial charge is 0.313 e. The number of nitrogens with one attached hydrogen (secondary N) is 2. The molecule has 2 aromatic rings. The molecule has 1 aromatic carbocycles. The minimum atomic E-state index is -4.72. The molecule has 0 aliphatic heterocycles. The predicted octanol–water partition coefficient (Wildman–Crippen LogP) is 1.98. The second kappa shape index (κ2) is 5.19. The van der Waals surface area contributed by atoms with Gasteiger partial charge in [-0.25, -0.2) is 4.98 Å². The van der Waals surface area contributed by atoms with E-state index >= 15 is 0 Å². The van der Waals surface area contributed by atoms with Crippen LogP contribution in [-0.4, -0.2) is 26.0 Å². The third-order valence-corrected chi connectivity index (χ3v) is 2.40. The van der Waals surface area contributed by atoms with Gasteiger partial charge in [0, 0.05) is 6.07 Å². The van der Waals surface area contributed by atoms with Gasteiger partial charge in [0.15, 0.2) is 0 Å². The van der Waals surface area contributed by atoms with Crippen molar-refractivity contribution in [3.63, 3.8) is 0 Å². The SMILES string of the molecule is O=C(Nc1ccc(C(F)(F)F)cc1[N+](=O)[O-])c1ncn[nH]1. The highest BCUT2D eigenvalue weighted by molar-refractivity contribution is 6.02. The van der Waals surface area contributed by atoms with Crippen LogP contribution in [0, 0.1) is 10.1 Å². The summed E-state index contributed by atoms with van der Waals surface area (Å²) in [5.41, 5.74) is -2.45. The molecule has 0 spiro atoms. The van der Waals surface area contributed by atoms with E-state index in [1.54, 1.807) is 0 Å². The van der Waals surface area contributed by atoms with Gasteiger partial charge in [0.05, 0.1) is 10.5 Å². The lowest BCUT2D eigenvalue weighted by molar-refractivity contribution is -0.384. The zero-order valence-corrected chi connectivity index (χ0v) is 10.0. The summed E-state index contributed by atoms with van der Waals surface area (Å²) in [5.74, 6) is -1.10. The molecular formula is C10H6F3N5O3. The summed E-state index contributed by atoms with van der Waals surface area (Å²) in [6, 6.07) is 1.77. The number of anilines is 1. The molecule has 110 valence electrons. The van der Waals surface area contributed by atoms with Gasteiger partial charge in [-0.05, 0) is 12.1 Å². The van der Waals surface area contributed by atoms with Crippen molar-refractivity contribution in [3.8, 4) is 0 Å². The first-order valence-electron chi connectivity index (χ1n) is 5.31. The molecule has 1 amide bonds. The van der Waals surface area contributed by atoms with Crippen LogP contribution in [0.1, 0.15) is 16.2 Å². The number of carbonyl (C=O) groups is 1. The second-order valence-electron chi connectivity index (χ2n) is 3.78. The average Bonchev–Trinajstić information content (AvgIpc) is 2.91. The molecular weight excluding hydrogens is 295 g/mol. The van der Waals surface area contributed by atoms with Crippen LogP contribution in [-0.2, 0) is 6.18 Å². The van der Waals surface area contributed by atoms with E-state index < -0.39 is 28.3 Å². The van der Waals surface area contributed by atoms with Crippen LogP contribution >= 0.6 is 0 Å². The number of hydrogen-bond acceptors (Lipinski definition) is 5. The number of amides is 1. The van der Waals surface area contributed by atoms with E-state index in [1.807, 2.05) is 0 Å². The fraction of sp³-hybridized carbons (Fsp3) is 0.100. The Labute approximate surface area is 114 Å². The van der Waals surface area contributed by atoms with Gasteiger partial charge in [-0.1, -0.05) is 0 Å². The summed E-state index contributed by atoms with van der Waals surface area (Å²) >= 11 is 0. The van der Waals surface area contributed by atoms with Crippen molar-refractivity contribution in [2.24, 2.45) is 0 Å². The Morgan fingerprint density at radius 3 is 2.62 bits per heavy atom. The van der Waals surface area contributed by atoms with E-state index in [-0.39, 0.29) is 11.5 Å². The minimum absolute atomic E-state index is 0.232. The fourth-order valence-electron chi connectivity index (χ4n) is 1.46. The molecule has 8 nitrogen and oxygen atoms in total. The largest absolute Gasteiger partial charge is 0.416 e. The zero-order chi connectivity index (χ0) is 15.6.